The Bertz CT molecular complexity index is 982. The SMILES string of the molecule is COc1ccc(N(Cc2cccnc2)c2ccc(C)cc2C)cc1OC1CCCC1. The van der Waals surface area contributed by atoms with Crippen molar-refractivity contribution in [2.24, 2.45) is 0 Å². The molecule has 0 spiro atoms. The van der Waals surface area contributed by atoms with Crippen LogP contribution in [-0.4, -0.2) is 18.2 Å². The lowest BCUT2D eigenvalue weighted by Gasteiger charge is -2.28. The van der Waals surface area contributed by atoms with Gasteiger partial charge in [0.25, 0.3) is 0 Å². The molecule has 0 unspecified atom stereocenters. The van der Waals surface area contributed by atoms with Crippen LogP contribution in [0.1, 0.15) is 42.4 Å². The van der Waals surface area contributed by atoms with Crippen LogP contribution in [0.5, 0.6) is 11.5 Å². The zero-order valence-corrected chi connectivity index (χ0v) is 18.1. The molecule has 1 aliphatic carbocycles. The van der Waals surface area contributed by atoms with Gasteiger partial charge in [-0.05, 0) is 74.9 Å². The molecule has 4 heteroatoms. The van der Waals surface area contributed by atoms with E-state index in [1.54, 1.807) is 7.11 Å². The van der Waals surface area contributed by atoms with Crippen LogP contribution in [0, 0.1) is 13.8 Å². The molecule has 1 aliphatic rings. The largest absolute Gasteiger partial charge is 0.493 e. The molecule has 1 fully saturated rings. The second-order valence-electron chi connectivity index (χ2n) is 8.10. The third-order valence-corrected chi connectivity index (χ3v) is 5.76. The number of hydrogen-bond acceptors (Lipinski definition) is 4. The fraction of sp³-hybridized carbons (Fsp3) is 0.346. The zero-order chi connectivity index (χ0) is 20.9. The van der Waals surface area contributed by atoms with Gasteiger partial charge in [0.1, 0.15) is 0 Å². The second-order valence-corrected chi connectivity index (χ2v) is 8.10. The summed E-state index contributed by atoms with van der Waals surface area (Å²) in [4.78, 5) is 6.63. The highest BCUT2D eigenvalue weighted by Crippen LogP contribution is 2.38. The molecular formula is C26H30N2O2. The maximum Gasteiger partial charge on any atom is 0.163 e. The van der Waals surface area contributed by atoms with E-state index >= 15 is 0 Å². The average molecular weight is 403 g/mol. The third-order valence-electron chi connectivity index (χ3n) is 5.76. The topological polar surface area (TPSA) is 34.6 Å². The van der Waals surface area contributed by atoms with Crippen molar-refractivity contribution >= 4 is 11.4 Å². The molecule has 30 heavy (non-hydrogen) atoms. The van der Waals surface area contributed by atoms with E-state index in [2.05, 4.69) is 60.1 Å². The fourth-order valence-electron chi connectivity index (χ4n) is 4.21. The molecule has 1 saturated carbocycles. The van der Waals surface area contributed by atoms with Crippen LogP contribution in [0.3, 0.4) is 0 Å². The summed E-state index contributed by atoms with van der Waals surface area (Å²) < 4.78 is 12.0. The van der Waals surface area contributed by atoms with Crippen molar-refractivity contribution < 1.29 is 9.47 Å². The molecule has 0 amide bonds. The Morgan fingerprint density at radius 1 is 1.00 bits per heavy atom. The Labute approximate surface area is 179 Å². The van der Waals surface area contributed by atoms with Crippen molar-refractivity contribution in [1.29, 1.82) is 0 Å². The Balaban J connectivity index is 1.73. The normalized spacial score (nSPS) is 14.0. The van der Waals surface area contributed by atoms with Crippen molar-refractivity contribution in [3.63, 3.8) is 0 Å². The van der Waals surface area contributed by atoms with Gasteiger partial charge in [-0.25, -0.2) is 0 Å². The van der Waals surface area contributed by atoms with Gasteiger partial charge < -0.3 is 14.4 Å². The number of rotatable bonds is 7. The van der Waals surface area contributed by atoms with Gasteiger partial charge in [0.15, 0.2) is 11.5 Å². The van der Waals surface area contributed by atoms with E-state index < -0.39 is 0 Å². The minimum Gasteiger partial charge on any atom is -0.493 e. The quantitative estimate of drug-likeness (QED) is 0.460. The molecule has 2 aromatic carbocycles. The monoisotopic (exact) mass is 402 g/mol. The fourth-order valence-corrected chi connectivity index (χ4v) is 4.21. The second kappa shape index (κ2) is 9.21. The molecule has 0 atom stereocenters. The van der Waals surface area contributed by atoms with Gasteiger partial charge in [-0.3, -0.25) is 4.98 Å². The maximum absolute atomic E-state index is 6.36. The van der Waals surface area contributed by atoms with Gasteiger partial charge in [-0.2, -0.15) is 0 Å². The van der Waals surface area contributed by atoms with Gasteiger partial charge in [0, 0.05) is 36.4 Å². The van der Waals surface area contributed by atoms with E-state index in [9.17, 15) is 0 Å². The summed E-state index contributed by atoms with van der Waals surface area (Å²) >= 11 is 0. The maximum atomic E-state index is 6.36. The summed E-state index contributed by atoms with van der Waals surface area (Å²) in [6.45, 7) is 5.02. The Hall–Kier alpha value is -3.01. The minimum atomic E-state index is 0.280. The lowest BCUT2D eigenvalue weighted by Crippen LogP contribution is -2.18. The highest BCUT2D eigenvalue weighted by molar-refractivity contribution is 5.69. The van der Waals surface area contributed by atoms with Crippen molar-refractivity contribution in [3.05, 3.63) is 77.6 Å². The standard InChI is InChI=1S/C26H30N2O2/c1-19-10-12-24(20(2)15-19)28(18-21-7-6-14-27-17-21)22-11-13-25(29-3)26(16-22)30-23-8-4-5-9-23/h6-7,10-17,23H,4-5,8-9,18H2,1-3H3. The molecule has 0 N–H and O–H groups in total. The summed E-state index contributed by atoms with van der Waals surface area (Å²) in [5, 5.41) is 0. The molecule has 1 aromatic heterocycles. The molecule has 0 saturated heterocycles. The third kappa shape index (κ3) is 4.59. The zero-order valence-electron chi connectivity index (χ0n) is 18.1. The number of hydrogen-bond donors (Lipinski definition) is 0. The predicted octanol–water partition coefficient (Wildman–Crippen LogP) is 6.37. The summed E-state index contributed by atoms with van der Waals surface area (Å²) in [5.74, 6) is 1.61. The van der Waals surface area contributed by atoms with E-state index in [0.717, 1.165) is 42.1 Å². The number of ether oxygens (including phenoxy) is 2. The number of anilines is 2. The first-order chi connectivity index (χ1) is 14.6. The predicted molar refractivity (Wildman–Crippen MR) is 122 cm³/mol. The first kappa shape index (κ1) is 20.3. The average Bonchev–Trinajstić information content (AvgIpc) is 3.26. The number of benzene rings is 2. The summed E-state index contributed by atoms with van der Waals surface area (Å²) in [6.07, 6.45) is 8.72. The van der Waals surface area contributed by atoms with Crippen LogP contribution in [0.4, 0.5) is 11.4 Å². The number of nitrogens with zero attached hydrogens (tertiary/aromatic N) is 2. The van der Waals surface area contributed by atoms with Gasteiger partial charge in [-0.15, -0.1) is 0 Å². The van der Waals surface area contributed by atoms with Gasteiger partial charge in [-0.1, -0.05) is 23.8 Å². The van der Waals surface area contributed by atoms with Crippen LogP contribution in [0.15, 0.2) is 60.9 Å². The van der Waals surface area contributed by atoms with Crippen molar-refractivity contribution in [2.75, 3.05) is 12.0 Å². The van der Waals surface area contributed by atoms with Crippen LogP contribution >= 0.6 is 0 Å². The summed E-state index contributed by atoms with van der Waals surface area (Å²) in [5.41, 5.74) is 5.93. The number of aryl methyl sites for hydroxylation is 2. The number of aromatic nitrogens is 1. The first-order valence-corrected chi connectivity index (χ1v) is 10.7. The molecule has 0 aliphatic heterocycles. The van der Waals surface area contributed by atoms with Crippen LogP contribution in [0.25, 0.3) is 0 Å². The minimum absolute atomic E-state index is 0.280. The highest BCUT2D eigenvalue weighted by Gasteiger charge is 2.20. The number of methoxy groups -OCH3 is 1. The van der Waals surface area contributed by atoms with Crippen LogP contribution in [0.2, 0.25) is 0 Å². The smallest absolute Gasteiger partial charge is 0.163 e. The van der Waals surface area contributed by atoms with Crippen LogP contribution in [-0.2, 0) is 6.54 Å². The molecule has 4 nitrogen and oxygen atoms in total. The van der Waals surface area contributed by atoms with Gasteiger partial charge >= 0.3 is 0 Å². The molecule has 1 heterocycles. The first-order valence-electron chi connectivity index (χ1n) is 10.7. The van der Waals surface area contributed by atoms with Crippen molar-refractivity contribution in [3.8, 4) is 11.5 Å². The Morgan fingerprint density at radius 3 is 2.53 bits per heavy atom. The summed E-state index contributed by atoms with van der Waals surface area (Å²) in [7, 11) is 1.70. The Morgan fingerprint density at radius 2 is 1.83 bits per heavy atom. The summed E-state index contributed by atoms with van der Waals surface area (Å²) in [6, 6.07) is 16.9. The van der Waals surface area contributed by atoms with E-state index in [1.807, 2.05) is 24.5 Å². The number of pyridine rings is 1. The lowest BCUT2D eigenvalue weighted by molar-refractivity contribution is 0.201. The molecule has 0 bridgehead atoms. The molecule has 3 aromatic rings. The van der Waals surface area contributed by atoms with E-state index in [-0.39, 0.29) is 6.10 Å². The van der Waals surface area contributed by atoms with E-state index in [0.29, 0.717) is 0 Å². The molecule has 156 valence electrons. The van der Waals surface area contributed by atoms with Crippen LogP contribution < -0.4 is 14.4 Å². The van der Waals surface area contributed by atoms with E-state index in [1.165, 1.54) is 29.7 Å². The van der Waals surface area contributed by atoms with Gasteiger partial charge in [0.05, 0.1) is 13.2 Å². The molecule has 0 radical (unpaired) electrons. The van der Waals surface area contributed by atoms with Crippen molar-refractivity contribution in [1.82, 2.24) is 4.98 Å². The Kier molecular flexibility index (Phi) is 6.22. The highest BCUT2D eigenvalue weighted by atomic mass is 16.5. The van der Waals surface area contributed by atoms with Gasteiger partial charge in [0.2, 0.25) is 0 Å². The van der Waals surface area contributed by atoms with E-state index in [4.69, 9.17) is 9.47 Å². The van der Waals surface area contributed by atoms with Crippen molar-refractivity contribution in [2.45, 2.75) is 52.2 Å². The molecule has 4 rings (SSSR count). The molecular weight excluding hydrogens is 372 g/mol. The lowest BCUT2D eigenvalue weighted by atomic mass is 10.1.